The van der Waals surface area contributed by atoms with Crippen LogP contribution in [0.3, 0.4) is 0 Å². The minimum absolute atomic E-state index is 0.166. The first-order chi connectivity index (χ1) is 15.6. The van der Waals surface area contributed by atoms with Gasteiger partial charge < -0.3 is 15.3 Å². The molecule has 0 aromatic carbocycles. The molecule has 1 aliphatic heterocycles. The number of likely N-dealkylation sites (N-methyl/N-ethyl adjacent to an activating group) is 1. The highest BCUT2D eigenvalue weighted by Gasteiger charge is 2.21. The summed E-state index contributed by atoms with van der Waals surface area (Å²) < 4.78 is 0. The molecule has 0 atom stereocenters. The highest BCUT2D eigenvalue weighted by Crippen LogP contribution is 2.24. The molecule has 1 saturated heterocycles. The van der Waals surface area contributed by atoms with E-state index in [0.717, 1.165) is 85.1 Å². The summed E-state index contributed by atoms with van der Waals surface area (Å²) in [5.74, 6) is 0.701. The number of hydrogen-bond acceptors (Lipinski definition) is 9. The van der Waals surface area contributed by atoms with E-state index in [2.05, 4.69) is 33.2 Å². The van der Waals surface area contributed by atoms with Gasteiger partial charge in [-0.2, -0.15) is 0 Å². The van der Waals surface area contributed by atoms with Crippen molar-refractivity contribution in [2.75, 3.05) is 38.5 Å². The largest absolute Gasteiger partial charge is 0.393 e. The third kappa shape index (κ3) is 5.40. The predicted octanol–water partition coefficient (Wildman–Crippen LogP) is 2.53. The molecule has 9 heteroatoms. The maximum absolute atomic E-state index is 9.83. The minimum atomic E-state index is -0.166. The Bertz CT molecular complexity index is 967. The lowest BCUT2D eigenvalue weighted by Crippen LogP contribution is -2.44. The summed E-state index contributed by atoms with van der Waals surface area (Å²) in [6, 6.07) is 6.38. The Labute approximate surface area is 192 Å². The van der Waals surface area contributed by atoms with Crippen molar-refractivity contribution in [3.63, 3.8) is 0 Å². The van der Waals surface area contributed by atoms with Crippen molar-refractivity contribution in [1.82, 2.24) is 29.7 Å². The maximum Gasteiger partial charge on any atom is 0.223 e. The van der Waals surface area contributed by atoms with Crippen molar-refractivity contribution in [3.05, 3.63) is 40.8 Å². The highest BCUT2D eigenvalue weighted by molar-refractivity contribution is 7.18. The lowest BCUT2D eigenvalue weighted by Gasteiger charge is -2.32. The zero-order valence-electron chi connectivity index (χ0n) is 18.6. The normalized spacial score (nSPS) is 22.9. The summed E-state index contributed by atoms with van der Waals surface area (Å²) in [5.41, 5.74) is 2.98. The van der Waals surface area contributed by atoms with Crippen LogP contribution < -0.4 is 5.32 Å². The highest BCUT2D eigenvalue weighted by atomic mass is 32.1. The number of aliphatic hydroxyl groups is 1. The van der Waals surface area contributed by atoms with Crippen LogP contribution in [0.15, 0.2) is 24.4 Å². The van der Waals surface area contributed by atoms with E-state index in [1.807, 2.05) is 18.3 Å². The number of nitrogens with one attached hydrogen (secondary N) is 1. The molecular weight excluding hydrogens is 422 g/mol. The van der Waals surface area contributed by atoms with Crippen LogP contribution in [0.4, 0.5) is 5.95 Å². The molecule has 2 aliphatic rings. The van der Waals surface area contributed by atoms with Crippen LogP contribution in [-0.4, -0.2) is 80.2 Å². The standard InChI is InChI=1S/C23H31N7OS/c1-29-9-11-30(12-10-29)15-18-13-17(14-21-28-20-3-2-8-24-22(20)32-21)26-23(27-18)25-16-4-6-19(31)7-5-16/h2-3,8,13,16,19,31H,4-7,9-12,14-15H2,1H3,(H,25,26,27). The number of piperazine rings is 1. The Morgan fingerprint density at radius 3 is 2.62 bits per heavy atom. The van der Waals surface area contributed by atoms with Crippen molar-refractivity contribution in [3.8, 4) is 0 Å². The number of aromatic nitrogens is 4. The van der Waals surface area contributed by atoms with E-state index in [9.17, 15) is 5.11 Å². The van der Waals surface area contributed by atoms with Crippen LogP contribution >= 0.6 is 11.3 Å². The summed E-state index contributed by atoms with van der Waals surface area (Å²) in [5, 5.41) is 14.4. The van der Waals surface area contributed by atoms with E-state index in [0.29, 0.717) is 18.4 Å². The SMILES string of the molecule is CN1CCN(Cc2cc(Cc3nc4cccnc4s3)nc(NC3CCC(O)CC3)n2)CC1. The van der Waals surface area contributed by atoms with Gasteiger partial charge in [0.25, 0.3) is 0 Å². The molecule has 2 fully saturated rings. The lowest BCUT2D eigenvalue weighted by molar-refractivity contribution is 0.126. The average molecular weight is 454 g/mol. The molecule has 0 spiro atoms. The number of fused-ring (bicyclic) bond motifs is 1. The monoisotopic (exact) mass is 453 g/mol. The van der Waals surface area contributed by atoms with E-state index < -0.39 is 0 Å². The van der Waals surface area contributed by atoms with E-state index in [1.54, 1.807) is 11.3 Å². The van der Waals surface area contributed by atoms with E-state index in [-0.39, 0.29) is 6.10 Å². The Morgan fingerprint density at radius 2 is 1.84 bits per heavy atom. The maximum atomic E-state index is 9.83. The molecule has 170 valence electrons. The van der Waals surface area contributed by atoms with Gasteiger partial charge >= 0.3 is 0 Å². The molecule has 8 nitrogen and oxygen atoms in total. The number of nitrogens with zero attached hydrogens (tertiary/aromatic N) is 6. The van der Waals surface area contributed by atoms with Gasteiger partial charge in [0.2, 0.25) is 5.95 Å². The number of hydrogen-bond donors (Lipinski definition) is 2. The quantitative estimate of drug-likeness (QED) is 0.589. The fourth-order valence-electron chi connectivity index (χ4n) is 4.47. The van der Waals surface area contributed by atoms with Crippen molar-refractivity contribution >= 4 is 27.6 Å². The van der Waals surface area contributed by atoms with Gasteiger partial charge in [-0.3, -0.25) is 4.90 Å². The fourth-order valence-corrected chi connectivity index (χ4v) is 5.39. The molecule has 3 aromatic heterocycles. The topological polar surface area (TPSA) is 90.3 Å². The Kier molecular flexibility index (Phi) is 6.59. The zero-order chi connectivity index (χ0) is 21.9. The summed E-state index contributed by atoms with van der Waals surface area (Å²) in [7, 11) is 2.18. The number of rotatable bonds is 6. The fraction of sp³-hybridized carbons (Fsp3) is 0.565. The third-order valence-electron chi connectivity index (χ3n) is 6.39. The number of pyridine rings is 1. The second-order valence-corrected chi connectivity index (χ2v) is 10.1. The van der Waals surface area contributed by atoms with Crippen LogP contribution in [0.5, 0.6) is 0 Å². The lowest BCUT2D eigenvalue weighted by atomic mass is 9.93. The minimum Gasteiger partial charge on any atom is -0.393 e. The Balaban J connectivity index is 1.36. The molecule has 1 saturated carbocycles. The second-order valence-electron chi connectivity index (χ2n) is 9.02. The van der Waals surface area contributed by atoms with Gasteiger partial charge in [-0.1, -0.05) is 11.3 Å². The Hall–Kier alpha value is -2.20. The van der Waals surface area contributed by atoms with Gasteiger partial charge in [0.15, 0.2) is 0 Å². The van der Waals surface area contributed by atoms with E-state index >= 15 is 0 Å². The molecule has 3 aromatic rings. The van der Waals surface area contributed by atoms with Gasteiger partial charge in [0.1, 0.15) is 15.4 Å². The Morgan fingerprint density at radius 1 is 1.06 bits per heavy atom. The third-order valence-corrected chi connectivity index (χ3v) is 7.37. The van der Waals surface area contributed by atoms with E-state index in [1.165, 1.54) is 0 Å². The molecule has 5 rings (SSSR count). The van der Waals surface area contributed by atoms with Gasteiger partial charge in [-0.15, -0.1) is 0 Å². The molecule has 0 amide bonds. The zero-order valence-corrected chi connectivity index (χ0v) is 19.4. The molecule has 0 unspecified atom stereocenters. The van der Waals surface area contributed by atoms with Crippen LogP contribution in [0.1, 0.15) is 42.1 Å². The van der Waals surface area contributed by atoms with Crippen molar-refractivity contribution in [2.24, 2.45) is 0 Å². The molecule has 32 heavy (non-hydrogen) atoms. The molecule has 1 aliphatic carbocycles. The first kappa shape index (κ1) is 21.6. The summed E-state index contributed by atoms with van der Waals surface area (Å²) in [6.07, 6.45) is 5.90. The number of anilines is 1. The number of aliphatic hydroxyl groups excluding tert-OH is 1. The molecule has 0 bridgehead atoms. The van der Waals surface area contributed by atoms with Crippen LogP contribution in [-0.2, 0) is 13.0 Å². The summed E-state index contributed by atoms with van der Waals surface area (Å²) in [6.45, 7) is 5.13. The molecule has 0 radical (unpaired) electrons. The summed E-state index contributed by atoms with van der Waals surface area (Å²) in [4.78, 5) is 24.7. The molecule has 2 N–H and O–H groups in total. The van der Waals surface area contributed by atoms with Crippen LogP contribution in [0.2, 0.25) is 0 Å². The van der Waals surface area contributed by atoms with Gasteiger partial charge in [0, 0.05) is 51.4 Å². The molecular formula is C23H31N7OS. The molecule has 4 heterocycles. The van der Waals surface area contributed by atoms with Crippen LogP contribution in [0, 0.1) is 0 Å². The predicted molar refractivity (Wildman–Crippen MR) is 127 cm³/mol. The van der Waals surface area contributed by atoms with Gasteiger partial charge in [-0.05, 0) is 50.9 Å². The van der Waals surface area contributed by atoms with Crippen molar-refractivity contribution < 1.29 is 5.11 Å². The smallest absolute Gasteiger partial charge is 0.223 e. The van der Waals surface area contributed by atoms with Gasteiger partial charge in [-0.25, -0.2) is 19.9 Å². The van der Waals surface area contributed by atoms with Crippen molar-refractivity contribution in [2.45, 2.75) is 50.8 Å². The summed E-state index contributed by atoms with van der Waals surface area (Å²) >= 11 is 1.63. The average Bonchev–Trinajstić information content (AvgIpc) is 3.19. The van der Waals surface area contributed by atoms with E-state index in [4.69, 9.17) is 15.0 Å². The first-order valence-corrected chi connectivity index (χ1v) is 12.3. The first-order valence-electron chi connectivity index (χ1n) is 11.5. The second kappa shape index (κ2) is 9.74. The van der Waals surface area contributed by atoms with Gasteiger partial charge in [0.05, 0.1) is 17.5 Å². The van der Waals surface area contributed by atoms with Crippen molar-refractivity contribution in [1.29, 1.82) is 0 Å². The van der Waals surface area contributed by atoms with Crippen LogP contribution in [0.25, 0.3) is 10.3 Å². The number of thiazole rings is 1.